The van der Waals surface area contributed by atoms with Crippen LogP contribution in [-0.2, 0) is 11.4 Å². The highest BCUT2D eigenvalue weighted by atomic mass is 19.1. The molecule has 0 amide bonds. The van der Waals surface area contributed by atoms with Gasteiger partial charge in [-0.1, -0.05) is 0 Å². The average molecular weight is 214 g/mol. The lowest BCUT2D eigenvalue weighted by Gasteiger charge is -2.02. The second kappa shape index (κ2) is 4.65. The third-order valence-corrected chi connectivity index (χ3v) is 1.74. The summed E-state index contributed by atoms with van der Waals surface area (Å²) < 4.78 is 26.1. The summed E-state index contributed by atoms with van der Waals surface area (Å²) in [6, 6.07) is 1.90. The van der Waals surface area contributed by atoms with E-state index in [1.54, 1.807) is 0 Å². The number of hydrogen-bond acceptors (Lipinski definition) is 2. The van der Waals surface area contributed by atoms with Crippen molar-refractivity contribution in [3.63, 3.8) is 0 Å². The van der Waals surface area contributed by atoms with Crippen molar-refractivity contribution in [3.8, 4) is 0 Å². The van der Waals surface area contributed by atoms with Gasteiger partial charge in [0.15, 0.2) is 0 Å². The van der Waals surface area contributed by atoms with Gasteiger partial charge in [0.2, 0.25) is 0 Å². The van der Waals surface area contributed by atoms with E-state index in [1.165, 1.54) is 0 Å². The summed E-state index contributed by atoms with van der Waals surface area (Å²) in [7, 11) is 0. The van der Waals surface area contributed by atoms with E-state index < -0.39 is 29.8 Å². The summed E-state index contributed by atoms with van der Waals surface area (Å²) in [4.78, 5) is 10.2. The van der Waals surface area contributed by atoms with Crippen LogP contribution in [0.25, 0.3) is 6.08 Å². The fourth-order valence-corrected chi connectivity index (χ4v) is 1.04. The van der Waals surface area contributed by atoms with E-state index in [0.29, 0.717) is 0 Å². The van der Waals surface area contributed by atoms with Crippen LogP contribution in [0.3, 0.4) is 0 Å². The van der Waals surface area contributed by atoms with Gasteiger partial charge in [-0.3, -0.25) is 0 Å². The lowest BCUT2D eigenvalue weighted by molar-refractivity contribution is -0.131. The molecular formula is C10H8F2O3. The number of benzene rings is 1. The van der Waals surface area contributed by atoms with Gasteiger partial charge >= 0.3 is 5.97 Å². The highest BCUT2D eigenvalue weighted by Gasteiger charge is 2.08. The Morgan fingerprint density at radius 2 is 1.87 bits per heavy atom. The lowest BCUT2D eigenvalue weighted by Crippen LogP contribution is -1.96. The van der Waals surface area contributed by atoms with Gasteiger partial charge in [-0.25, -0.2) is 13.6 Å². The number of aliphatic hydroxyl groups excluding tert-OH is 1. The quantitative estimate of drug-likeness (QED) is 0.750. The molecule has 0 aliphatic rings. The van der Waals surface area contributed by atoms with Crippen molar-refractivity contribution in [1.29, 1.82) is 0 Å². The summed E-state index contributed by atoms with van der Waals surface area (Å²) >= 11 is 0. The minimum Gasteiger partial charge on any atom is -0.478 e. The molecule has 3 nitrogen and oxygen atoms in total. The Balaban J connectivity index is 3.09. The summed E-state index contributed by atoms with van der Waals surface area (Å²) in [5.41, 5.74) is -0.341. The van der Waals surface area contributed by atoms with Gasteiger partial charge in [0.1, 0.15) is 11.6 Å². The van der Waals surface area contributed by atoms with Crippen LogP contribution < -0.4 is 0 Å². The highest BCUT2D eigenvalue weighted by Crippen LogP contribution is 2.16. The zero-order chi connectivity index (χ0) is 11.4. The zero-order valence-electron chi connectivity index (χ0n) is 7.58. The predicted molar refractivity (Wildman–Crippen MR) is 49.0 cm³/mol. The Morgan fingerprint density at radius 3 is 2.27 bits per heavy atom. The van der Waals surface area contributed by atoms with Crippen LogP contribution in [0, 0.1) is 11.6 Å². The number of carbonyl (C=O) groups is 1. The van der Waals surface area contributed by atoms with E-state index in [-0.39, 0.29) is 5.56 Å². The third kappa shape index (κ3) is 2.85. The molecule has 0 unspecified atom stereocenters. The molecule has 0 aromatic heterocycles. The average Bonchev–Trinajstić information content (AvgIpc) is 2.14. The first-order valence-corrected chi connectivity index (χ1v) is 4.04. The molecule has 0 saturated heterocycles. The Labute approximate surface area is 84.3 Å². The van der Waals surface area contributed by atoms with E-state index in [0.717, 1.165) is 24.3 Å². The van der Waals surface area contributed by atoms with Crippen LogP contribution in [0.15, 0.2) is 18.2 Å². The second-order valence-electron chi connectivity index (χ2n) is 2.79. The number of halogens is 2. The van der Waals surface area contributed by atoms with Gasteiger partial charge < -0.3 is 10.2 Å². The number of carboxylic acid groups (broad SMARTS) is 1. The molecule has 0 aliphatic carbocycles. The predicted octanol–water partition coefficient (Wildman–Crippen LogP) is 1.55. The molecule has 1 aromatic carbocycles. The van der Waals surface area contributed by atoms with Gasteiger partial charge in [-0.05, 0) is 23.8 Å². The molecule has 0 aliphatic heterocycles. The van der Waals surface area contributed by atoms with E-state index in [1.807, 2.05) is 0 Å². The SMILES string of the molecule is O=C(O)C=Cc1cc(F)c(CO)c(F)c1. The molecule has 0 heterocycles. The van der Waals surface area contributed by atoms with Crippen LogP contribution in [0.2, 0.25) is 0 Å². The summed E-state index contributed by atoms with van der Waals surface area (Å²) in [5.74, 6) is -3.01. The Hall–Kier alpha value is -1.75. The summed E-state index contributed by atoms with van der Waals surface area (Å²) in [6.45, 7) is -0.736. The summed E-state index contributed by atoms with van der Waals surface area (Å²) in [5, 5.41) is 16.9. The van der Waals surface area contributed by atoms with Crippen molar-refractivity contribution >= 4 is 12.0 Å². The van der Waals surface area contributed by atoms with Crippen molar-refractivity contribution in [3.05, 3.63) is 41.0 Å². The molecule has 80 valence electrons. The molecule has 0 radical (unpaired) electrons. The van der Waals surface area contributed by atoms with Crippen LogP contribution in [0.1, 0.15) is 11.1 Å². The first-order chi connectivity index (χ1) is 7.04. The molecule has 5 heteroatoms. The second-order valence-corrected chi connectivity index (χ2v) is 2.79. The number of carboxylic acids is 1. The highest BCUT2D eigenvalue weighted by molar-refractivity contribution is 5.85. The normalized spacial score (nSPS) is 10.9. The Kier molecular flexibility index (Phi) is 3.51. The number of hydrogen-bond donors (Lipinski definition) is 2. The minimum atomic E-state index is -1.21. The van der Waals surface area contributed by atoms with Gasteiger partial charge in [-0.2, -0.15) is 0 Å². The Morgan fingerprint density at radius 1 is 1.33 bits per heavy atom. The number of aliphatic hydroxyl groups is 1. The topological polar surface area (TPSA) is 57.5 Å². The van der Waals surface area contributed by atoms with Crippen LogP contribution in [0.4, 0.5) is 8.78 Å². The van der Waals surface area contributed by atoms with Gasteiger partial charge in [0.05, 0.1) is 6.61 Å². The first-order valence-electron chi connectivity index (χ1n) is 4.04. The van der Waals surface area contributed by atoms with Crippen LogP contribution in [-0.4, -0.2) is 16.2 Å². The van der Waals surface area contributed by atoms with Crippen molar-refractivity contribution in [2.75, 3.05) is 0 Å². The van der Waals surface area contributed by atoms with Gasteiger partial charge in [-0.15, -0.1) is 0 Å². The monoisotopic (exact) mass is 214 g/mol. The third-order valence-electron chi connectivity index (χ3n) is 1.74. The largest absolute Gasteiger partial charge is 0.478 e. The van der Waals surface area contributed by atoms with E-state index in [9.17, 15) is 13.6 Å². The van der Waals surface area contributed by atoms with Gasteiger partial charge in [0, 0.05) is 11.6 Å². The van der Waals surface area contributed by atoms with E-state index in [2.05, 4.69) is 0 Å². The van der Waals surface area contributed by atoms with Gasteiger partial charge in [0.25, 0.3) is 0 Å². The molecule has 0 fully saturated rings. The van der Waals surface area contributed by atoms with Crippen molar-refractivity contribution < 1.29 is 23.8 Å². The molecular weight excluding hydrogens is 206 g/mol. The molecule has 2 N–H and O–H groups in total. The molecule has 0 spiro atoms. The molecule has 1 rings (SSSR count). The van der Waals surface area contributed by atoms with Crippen molar-refractivity contribution in [1.82, 2.24) is 0 Å². The summed E-state index contributed by atoms with van der Waals surface area (Å²) in [6.07, 6.45) is 1.84. The molecule has 1 aromatic rings. The maximum atomic E-state index is 13.1. The van der Waals surface area contributed by atoms with Crippen LogP contribution in [0.5, 0.6) is 0 Å². The molecule has 0 atom stereocenters. The molecule has 15 heavy (non-hydrogen) atoms. The standard InChI is InChI=1S/C10H8F2O3/c11-8-3-6(1-2-10(14)15)4-9(12)7(8)5-13/h1-4,13H,5H2,(H,14,15). The van der Waals surface area contributed by atoms with Crippen molar-refractivity contribution in [2.45, 2.75) is 6.61 Å². The molecule has 0 saturated carbocycles. The minimum absolute atomic E-state index is 0.0876. The maximum absolute atomic E-state index is 13.1. The Bertz CT molecular complexity index is 390. The van der Waals surface area contributed by atoms with E-state index in [4.69, 9.17) is 10.2 Å². The zero-order valence-corrected chi connectivity index (χ0v) is 7.58. The number of aliphatic carboxylic acids is 1. The molecule has 0 bridgehead atoms. The fourth-order valence-electron chi connectivity index (χ4n) is 1.04. The fraction of sp³-hybridized carbons (Fsp3) is 0.100. The van der Waals surface area contributed by atoms with E-state index >= 15 is 0 Å². The first kappa shape index (κ1) is 11.3. The number of rotatable bonds is 3. The maximum Gasteiger partial charge on any atom is 0.328 e. The van der Waals surface area contributed by atoms with Crippen molar-refractivity contribution in [2.24, 2.45) is 0 Å². The smallest absolute Gasteiger partial charge is 0.328 e. The lowest BCUT2D eigenvalue weighted by atomic mass is 10.1. The van der Waals surface area contributed by atoms with Crippen LogP contribution >= 0.6 is 0 Å².